The lowest BCUT2D eigenvalue weighted by molar-refractivity contribution is 0.269. The van der Waals surface area contributed by atoms with Gasteiger partial charge in [0.05, 0.1) is 30.9 Å². The minimum absolute atomic E-state index is 0.0240. The van der Waals surface area contributed by atoms with Crippen LogP contribution in [0.5, 0.6) is 0 Å². The summed E-state index contributed by atoms with van der Waals surface area (Å²) < 4.78 is 1.99. The fraction of sp³-hybridized carbons (Fsp3) is 0.308. The van der Waals surface area contributed by atoms with Crippen molar-refractivity contribution in [2.24, 2.45) is 0 Å². The molecule has 16 heavy (non-hydrogen) atoms. The van der Waals surface area contributed by atoms with Crippen LogP contribution in [0.15, 0.2) is 36.8 Å². The second-order valence-electron chi connectivity index (χ2n) is 4.04. The topological polar surface area (TPSA) is 38.0 Å². The molecule has 1 heterocycles. The van der Waals surface area contributed by atoms with Crippen LogP contribution in [0.3, 0.4) is 0 Å². The van der Waals surface area contributed by atoms with E-state index in [0.717, 1.165) is 5.69 Å². The van der Waals surface area contributed by atoms with Crippen LogP contribution in [-0.2, 0) is 6.61 Å². The van der Waals surface area contributed by atoms with Crippen LogP contribution in [0.4, 0.5) is 0 Å². The molecule has 0 aliphatic heterocycles. The first-order valence-electron chi connectivity index (χ1n) is 5.40. The van der Waals surface area contributed by atoms with E-state index in [1.165, 1.54) is 11.1 Å². The highest BCUT2D eigenvalue weighted by Crippen LogP contribution is 2.19. The molecule has 0 spiro atoms. The minimum Gasteiger partial charge on any atom is -0.390 e. The summed E-state index contributed by atoms with van der Waals surface area (Å²) in [5.41, 5.74) is 3.32. The molecule has 0 fully saturated rings. The van der Waals surface area contributed by atoms with E-state index in [0.29, 0.717) is 0 Å². The largest absolute Gasteiger partial charge is 0.390 e. The Morgan fingerprint density at radius 1 is 1.31 bits per heavy atom. The van der Waals surface area contributed by atoms with E-state index in [9.17, 15) is 5.11 Å². The maximum absolute atomic E-state index is 9.19. The third-order valence-electron chi connectivity index (χ3n) is 2.89. The van der Waals surface area contributed by atoms with Crippen molar-refractivity contribution in [3.8, 4) is 0 Å². The minimum atomic E-state index is 0.0240. The highest BCUT2D eigenvalue weighted by Gasteiger charge is 2.10. The van der Waals surface area contributed by atoms with Gasteiger partial charge < -0.3 is 9.67 Å². The molecular formula is C13H16N2O. The Labute approximate surface area is 95.4 Å². The Kier molecular flexibility index (Phi) is 3.06. The van der Waals surface area contributed by atoms with Crippen LogP contribution in [0.2, 0.25) is 0 Å². The predicted molar refractivity (Wildman–Crippen MR) is 63.1 cm³/mol. The van der Waals surface area contributed by atoms with Crippen molar-refractivity contribution >= 4 is 0 Å². The SMILES string of the molecule is Cc1ccc(C(C)n2cncc2CO)cc1. The summed E-state index contributed by atoms with van der Waals surface area (Å²) in [6.45, 7) is 4.20. The number of aryl methyl sites for hydroxylation is 1. The van der Waals surface area contributed by atoms with Gasteiger partial charge in [-0.25, -0.2) is 4.98 Å². The van der Waals surface area contributed by atoms with Gasteiger partial charge in [0.25, 0.3) is 0 Å². The van der Waals surface area contributed by atoms with E-state index < -0.39 is 0 Å². The van der Waals surface area contributed by atoms with Crippen molar-refractivity contribution in [2.45, 2.75) is 26.5 Å². The van der Waals surface area contributed by atoms with Crippen molar-refractivity contribution in [3.63, 3.8) is 0 Å². The second kappa shape index (κ2) is 4.49. The third kappa shape index (κ3) is 1.99. The molecule has 3 heteroatoms. The third-order valence-corrected chi connectivity index (χ3v) is 2.89. The Morgan fingerprint density at radius 3 is 2.62 bits per heavy atom. The molecule has 0 saturated heterocycles. The standard InChI is InChI=1S/C13H16N2O/c1-10-3-5-12(6-4-10)11(2)15-9-14-7-13(15)8-16/h3-7,9,11,16H,8H2,1-2H3. The summed E-state index contributed by atoms with van der Waals surface area (Å²) in [7, 11) is 0. The molecule has 0 saturated carbocycles. The van der Waals surface area contributed by atoms with Gasteiger partial charge in [0, 0.05) is 0 Å². The summed E-state index contributed by atoms with van der Waals surface area (Å²) in [4.78, 5) is 4.06. The molecule has 3 nitrogen and oxygen atoms in total. The molecule has 0 aliphatic rings. The maximum atomic E-state index is 9.19. The van der Waals surface area contributed by atoms with Gasteiger partial charge in [0.15, 0.2) is 0 Å². The number of nitrogens with zero attached hydrogens (tertiary/aromatic N) is 2. The lowest BCUT2D eigenvalue weighted by Crippen LogP contribution is -2.09. The Bertz CT molecular complexity index is 459. The molecule has 1 aromatic carbocycles. The zero-order valence-electron chi connectivity index (χ0n) is 9.59. The predicted octanol–water partition coefficient (Wildman–Crippen LogP) is 2.29. The molecule has 84 valence electrons. The van der Waals surface area contributed by atoms with Gasteiger partial charge in [-0.1, -0.05) is 29.8 Å². The summed E-state index contributed by atoms with van der Waals surface area (Å²) in [6, 6.07) is 8.62. The molecule has 0 aliphatic carbocycles. The van der Waals surface area contributed by atoms with Crippen LogP contribution in [0.25, 0.3) is 0 Å². The van der Waals surface area contributed by atoms with Crippen molar-refractivity contribution in [1.29, 1.82) is 0 Å². The van der Waals surface area contributed by atoms with Crippen LogP contribution < -0.4 is 0 Å². The fourth-order valence-corrected chi connectivity index (χ4v) is 1.81. The maximum Gasteiger partial charge on any atom is 0.0954 e. The molecule has 0 radical (unpaired) electrons. The van der Waals surface area contributed by atoms with Crippen molar-refractivity contribution in [2.75, 3.05) is 0 Å². The monoisotopic (exact) mass is 216 g/mol. The van der Waals surface area contributed by atoms with E-state index in [4.69, 9.17) is 0 Å². The molecule has 1 unspecified atom stereocenters. The second-order valence-corrected chi connectivity index (χ2v) is 4.04. The van der Waals surface area contributed by atoms with Gasteiger partial charge in [0.1, 0.15) is 0 Å². The number of hydrogen-bond donors (Lipinski definition) is 1. The number of hydrogen-bond acceptors (Lipinski definition) is 2. The quantitative estimate of drug-likeness (QED) is 0.854. The fourth-order valence-electron chi connectivity index (χ4n) is 1.81. The van der Waals surface area contributed by atoms with Gasteiger partial charge in [-0.3, -0.25) is 0 Å². The first-order valence-corrected chi connectivity index (χ1v) is 5.40. The normalized spacial score (nSPS) is 12.7. The van der Waals surface area contributed by atoms with E-state index >= 15 is 0 Å². The van der Waals surface area contributed by atoms with Crippen LogP contribution >= 0.6 is 0 Å². The van der Waals surface area contributed by atoms with E-state index in [2.05, 4.69) is 43.1 Å². The molecule has 1 N–H and O–H groups in total. The van der Waals surface area contributed by atoms with Gasteiger partial charge in [-0.05, 0) is 19.4 Å². The van der Waals surface area contributed by atoms with E-state index in [1.54, 1.807) is 12.5 Å². The summed E-state index contributed by atoms with van der Waals surface area (Å²) in [5.74, 6) is 0. The zero-order chi connectivity index (χ0) is 11.5. The van der Waals surface area contributed by atoms with Crippen molar-refractivity contribution in [3.05, 3.63) is 53.6 Å². The summed E-state index contributed by atoms with van der Waals surface area (Å²) >= 11 is 0. The number of benzene rings is 1. The summed E-state index contributed by atoms with van der Waals surface area (Å²) in [5, 5.41) is 9.19. The Hall–Kier alpha value is -1.61. The smallest absolute Gasteiger partial charge is 0.0954 e. The molecule has 0 amide bonds. The Morgan fingerprint density at radius 2 is 2.00 bits per heavy atom. The van der Waals surface area contributed by atoms with Crippen LogP contribution in [0.1, 0.15) is 29.8 Å². The Balaban J connectivity index is 2.31. The van der Waals surface area contributed by atoms with Crippen LogP contribution in [0, 0.1) is 6.92 Å². The molecular weight excluding hydrogens is 200 g/mol. The molecule has 2 aromatic rings. The molecule has 1 atom stereocenters. The number of rotatable bonds is 3. The number of imidazole rings is 1. The van der Waals surface area contributed by atoms with Gasteiger partial charge >= 0.3 is 0 Å². The highest BCUT2D eigenvalue weighted by atomic mass is 16.3. The molecule has 1 aromatic heterocycles. The van der Waals surface area contributed by atoms with Crippen LogP contribution in [-0.4, -0.2) is 14.7 Å². The van der Waals surface area contributed by atoms with Gasteiger partial charge in [0.2, 0.25) is 0 Å². The summed E-state index contributed by atoms with van der Waals surface area (Å²) in [6.07, 6.45) is 3.46. The molecule has 2 rings (SSSR count). The van der Waals surface area contributed by atoms with E-state index in [-0.39, 0.29) is 12.6 Å². The van der Waals surface area contributed by atoms with Crippen molar-refractivity contribution < 1.29 is 5.11 Å². The number of aromatic nitrogens is 2. The first kappa shape index (κ1) is 10.9. The lowest BCUT2D eigenvalue weighted by atomic mass is 10.1. The van der Waals surface area contributed by atoms with Gasteiger partial charge in [-0.2, -0.15) is 0 Å². The van der Waals surface area contributed by atoms with Crippen molar-refractivity contribution in [1.82, 2.24) is 9.55 Å². The lowest BCUT2D eigenvalue weighted by Gasteiger charge is -2.16. The average molecular weight is 216 g/mol. The zero-order valence-corrected chi connectivity index (χ0v) is 9.59. The number of aliphatic hydroxyl groups excluding tert-OH is 1. The number of aliphatic hydroxyl groups is 1. The average Bonchev–Trinajstić information content (AvgIpc) is 2.77. The first-order chi connectivity index (χ1) is 7.72. The van der Waals surface area contributed by atoms with E-state index in [1.807, 2.05) is 4.57 Å². The van der Waals surface area contributed by atoms with Gasteiger partial charge in [-0.15, -0.1) is 0 Å². The molecule has 0 bridgehead atoms. The highest BCUT2D eigenvalue weighted by molar-refractivity contribution is 5.25.